The van der Waals surface area contributed by atoms with E-state index >= 15 is 0 Å². The molecule has 6 nitrogen and oxygen atoms in total. The summed E-state index contributed by atoms with van der Waals surface area (Å²) in [4.78, 5) is 27.6. The van der Waals surface area contributed by atoms with Gasteiger partial charge in [0, 0.05) is 31.6 Å². The largest absolute Gasteiger partial charge is 0.496 e. The first-order valence-electron chi connectivity index (χ1n) is 8.39. The van der Waals surface area contributed by atoms with E-state index in [-0.39, 0.29) is 17.9 Å². The Balaban J connectivity index is 1.96. The molecule has 2 amide bonds. The molecule has 0 saturated carbocycles. The monoisotopic (exact) mass is 333 g/mol. The fourth-order valence-electron chi connectivity index (χ4n) is 3.20. The Hall–Kier alpha value is -2.08. The maximum Gasteiger partial charge on any atom is 0.236 e. The molecular formula is C18H27N3O3. The van der Waals surface area contributed by atoms with Gasteiger partial charge in [0.25, 0.3) is 0 Å². The molecule has 2 N–H and O–H groups in total. The summed E-state index contributed by atoms with van der Waals surface area (Å²) in [5.41, 5.74) is 6.31. The molecule has 1 aliphatic rings. The number of piperidine rings is 1. The third-order valence-electron chi connectivity index (χ3n) is 4.55. The van der Waals surface area contributed by atoms with E-state index in [4.69, 9.17) is 10.5 Å². The Morgan fingerprint density at radius 1 is 1.33 bits per heavy atom. The van der Waals surface area contributed by atoms with Gasteiger partial charge in [0.1, 0.15) is 5.75 Å². The van der Waals surface area contributed by atoms with Crippen molar-refractivity contribution in [1.29, 1.82) is 0 Å². The molecule has 1 heterocycles. The number of likely N-dealkylation sites (tertiary alicyclic amines) is 1. The summed E-state index contributed by atoms with van der Waals surface area (Å²) in [5.74, 6) is 0.515. The van der Waals surface area contributed by atoms with Crippen LogP contribution < -0.4 is 10.5 Å². The molecule has 0 aromatic heterocycles. The van der Waals surface area contributed by atoms with Gasteiger partial charge in [-0.15, -0.1) is 0 Å². The molecular weight excluding hydrogens is 306 g/mol. The third kappa shape index (κ3) is 4.96. The van der Waals surface area contributed by atoms with Crippen molar-refractivity contribution in [3.05, 3.63) is 29.8 Å². The predicted molar refractivity (Wildman–Crippen MR) is 92.5 cm³/mol. The molecule has 1 aromatic rings. The van der Waals surface area contributed by atoms with Crippen LogP contribution in [0.5, 0.6) is 5.75 Å². The minimum atomic E-state index is -0.304. The summed E-state index contributed by atoms with van der Waals surface area (Å²) in [7, 11) is 3.42. The number of likely N-dealkylation sites (N-methyl/N-ethyl adjacent to an activating group) is 1. The lowest BCUT2D eigenvalue weighted by Gasteiger charge is -2.35. The summed E-state index contributed by atoms with van der Waals surface area (Å²) in [6.07, 6.45) is 3.38. The molecule has 1 saturated heterocycles. The Kier molecular flexibility index (Phi) is 6.61. The SMILES string of the molecule is COc1ccccc1CN(C)C(=O)CN1CCCC[C@@H]1CC(N)=O. The van der Waals surface area contributed by atoms with Crippen LogP contribution in [-0.2, 0) is 16.1 Å². The van der Waals surface area contributed by atoms with E-state index in [0.29, 0.717) is 19.5 Å². The average Bonchev–Trinajstić information content (AvgIpc) is 2.56. The summed E-state index contributed by atoms with van der Waals surface area (Å²) in [6.45, 7) is 1.66. The van der Waals surface area contributed by atoms with Gasteiger partial charge in [-0.05, 0) is 25.5 Å². The first-order valence-corrected chi connectivity index (χ1v) is 8.39. The summed E-state index contributed by atoms with van der Waals surface area (Å²) in [6, 6.07) is 7.77. The van der Waals surface area contributed by atoms with E-state index in [2.05, 4.69) is 4.90 Å². The molecule has 0 spiro atoms. The quantitative estimate of drug-likeness (QED) is 0.818. The van der Waals surface area contributed by atoms with Crippen LogP contribution in [0.15, 0.2) is 24.3 Å². The van der Waals surface area contributed by atoms with E-state index in [1.807, 2.05) is 24.3 Å². The molecule has 0 unspecified atom stereocenters. The highest BCUT2D eigenvalue weighted by Crippen LogP contribution is 2.21. The Bertz CT molecular complexity index is 576. The van der Waals surface area contributed by atoms with Crippen molar-refractivity contribution in [3.8, 4) is 5.75 Å². The van der Waals surface area contributed by atoms with E-state index in [9.17, 15) is 9.59 Å². The maximum atomic E-state index is 12.6. The maximum absolute atomic E-state index is 12.6. The number of methoxy groups -OCH3 is 1. The van der Waals surface area contributed by atoms with Crippen molar-refractivity contribution in [2.45, 2.75) is 38.3 Å². The second-order valence-corrected chi connectivity index (χ2v) is 6.35. The van der Waals surface area contributed by atoms with E-state index in [1.54, 1.807) is 19.1 Å². The fraction of sp³-hybridized carbons (Fsp3) is 0.556. The second kappa shape index (κ2) is 8.68. The summed E-state index contributed by atoms with van der Waals surface area (Å²) >= 11 is 0. The molecule has 6 heteroatoms. The molecule has 0 radical (unpaired) electrons. The number of ether oxygens (including phenoxy) is 1. The fourth-order valence-corrected chi connectivity index (χ4v) is 3.20. The number of carbonyl (C=O) groups is 2. The molecule has 0 aliphatic carbocycles. The molecule has 132 valence electrons. The van der Waals surface area contributed by atoms with Crippen molar-refractivity contribution in [1.82, 2.24) is 9.80 Å². The predicted octanol–water partition coefficient (Wildman–Crippen LogP) is 1.38. The normalized spacial score (nSPS) is 18.2. The van der Waals surface area contributed by atoms with E-state index in [0.717, 1.165) is 37.1 Å². The van der Waals surface area contributed by atoms with Gasteiger partial charge in [0.15, 0.2) is 0 Å². The molecule has 2 rings (SSSR count). The van der Waals surface area contributed by atoms with Crippen LogP contribution in [0.1, 0.15) is 31.2 Å². The highest BCUT2D eigenvalue weighted by molar-refractivity contribution is 5.78. The Morgan fingerprint density at radius 3 is 2.79 bits per heavy atom. The number of amides is 2. The van der Waals surface area contributed by atoms with E-state index in [1.165, 1.54) is 0 Å². The number of hydrogen-bond acceptors (Lipinski definition) is 4. The van der Waals surface area contributed by atoms with Crippen molar-refractivity contribution in [3.63, 3.8) is 0 Å². The minimum Gasteiger partial charge on any atom is -0.496 e. The van der Waals surface area contributed by atoms with E-state index < -0.39 is 0 Å². The second-order valence-electron chi connectivity index (χ2n) is 6.35. The zero-order valence-corrected chi connectivity index (χ0v) is 14.5. The van der Waals surface area contributed by atoms with Gasteiger partial charge in [-0.2, -0.15) is 0 Å². The standard InChI is InChI=1S/C18H27N3O3/c1-20(12-14-7-3-4-9-16(14)24-2)18(23)13-21-10-6-5-8-15(21)11-17(19)22/h3-4,7,9,15H,5-6,8,10-13H2,1-2H3,(H2,19,22)/t15-/m1/s1. The summed E-state index contributed by atoms with van der Waals surface area (Å²) in [5, 5.41) is 0. The zero-order chi connectivity index (χ0) is 17.5. The van der Waals surface area contributed by atoms with Crippen molar-refractivity contribution in [2.75, 3.05) is 27.2 Å². The first-order chi connectivity index (χ1) is 11.5. The lowest BCUT2D eigenvalue weighted by molar-refractivity contribution is -0.133. The third-order valence-corrected chi connectivity index (χ3v) is 4.55. The van der Waals surface area contributed by atoms with Crippen LogP contribution in [0.2, 0.25) is 0 Å². The van der Waals surface area contributed by atoms with Crippen LogP contribution in [0.4, 0.5) is 0 Å². The number of primary amides is 1. The van der Waals surface area contributed by atoms with Gasteiger partial charge >= 0.3 is 0 Å². The van der Waals surface area contributed by atoms with Crippen LogP contribution in [0.25, 0.3) is 0 Å². The average molecular weight is 333 g/mol. The number of hydrogen-bond donors (Lipinski definition) is 1. The number of benzene rings is 1. The van der Waals surface area contributed by atoms with Crippen molar-refractivity contribution < 1.29 is 14.3 Å². The number of carbonyl (C=O) groups excluding carboxylic acids is 2. The van der Waals surface area contributed by atoms with Crippen molar-refractivity contribution in [2.24, 2.45) is 5.73 Å². The molecule has 24 heavy (non-hydrogen) atoms. The van der Waals surface area contributed by atoms with Gasteiger partial charge in [0.2, 0.25) is 11.8 Å². The van der Waals surface area contributed by atoms with Gasteiger partial charge in [-0.1, -0.05) is 24.6 Å². The lowest BCUT2D eigenvalue weighted by atomic mass is 9.99. The highest BCUT2D eigenvalue weighted by atomic mass is 16.5. The Labute approximate surface area is 143 Å². The molecule has 0 bridgehead atoms. The first kappa shape index (κ1) is 18.3. The van der Waals surface area contributed by atoms with Crippen LogP contribution in [-0.4, -0.2) is 54.9 Å². The smallest absolute Gasteiger partial charge is 0.236 e. The molecule has 1 fully saturated rings. The Morgan fingerprint density at radius 2 is 2.08 bits per heavy atom. The lowest BCUT2D eigenvalue weighted by Crippen LogP contribution is -2.47. The van der Waals surface area contributed by atoms with Crippen LogP contribution >= 0.6 is 0 Å². The van der Waals surface area contributed by atoms with Crippen LogP contribution in [0.3, 0.4) is 0 Å². The molecule has 1 atom stereocenters. The number of rotatable bonds is 7. The number of nitrogens with two attached hydrogens (primary N) is 1. The van der Waals surface area contributed by atoms with Gasteiger partial charge in [0.05, 0.1) is 13.7 Å². The van der Waals surface area contributed by atoms with Gasteiger partial charge < -0.3 is 15.4 Å². The van der Waals surface area contributed by atoms with Crippen LogP contribution in [0, 0.1) is 0 Å². The van der Waals surface area contributed by atoms with Crippen molar-refractivity contribution >= 4 is 11.8 Å². The molecule has 1 aliphatic heterocycles. The number of nitrogens with zero attached hydrogens (tertiary/aromatic N) is 2. The van der Waals surface area contributed by atoms with Gasteiger partial charge in [-0.3, -0.25) is 14.5 Å². The minimum absolute atomic E-state index is 0.0391. The highest BCUT2D eigenvalue weighted by Gasteiger charge is 2.26. The summed E-state index contributed by atoms with van der Waals surface area (Å²) < 4.78 is 5.34. The van der Waals surface area contributed by atoms with Gasteiger partial charge in [-0.25, -0.2) is 0 Å². The zero-order valence-electron chi connectivity index (χ0n) is 14.5. The molecule has 1 aromatic carbocycles. The number of para-hydroxylation sites is 1. The topological polar surface area (TPSA) is 75.9 Å².